The second-order valence-electron chi connectivity index (χ2n) is 4.47. The molecule has 21 heavy (non-hydrogen) atoms. The lowest BCUT2D eigenvalue weighted by molar-refractivity contribution is -0.137. The van der Waals surface area contributed by atoms with Gasteiger partial charge in [-0.05, 0) is 23.3 Å². The number of benzene rings is 1. The Morgan fingerprint density at radius 2 is 1.86 bits per heavy atom. The van der Waals surface area contributed by atoms with Gasteiger partial charge in [-0.1, -0.05) is 0 Å². The molecule has 0 fully saturated rings. The topological polar surface area (TPSA) is 61.9 Å². The molecule has 0 radical (unpaired) electrons. The van der Waals surface area contributed by atoms with Gasteiger partial charge < -0.3 is 0 Å². The average molecular weight is 288 g/mol. The van der Waals surface area contributed by atoms with Gasteiger partial charge in [0.1, 0.15) is 6.07 Å². The highest BCUT2D eigenvalue weighted by Gasteiger charge is 2.32. The Bertz CT molecular complexity index is 771. The van der Waals surface area contributed by atoms with E-state index < -0.39 is 11.7 Å². The highest BCUT2D eigenvalue weighted by Crippen LogP contribution is 2.36. The molecule has 0 N–H and O–H groups in total. The van der Waals surface area contributed by atoms with E-state index in [0.717, 1.165) is 12.1 Å². The predicted octanol–water partition coefficient (Wildman–Crippen LogP) is 2.97. The summed E-state index contributed by atoms with van der Waals surface area (Å²) >= 11 is 0. The summed E-state index contributed by atoms with van der Waals surface area (Å²) in [5.41, 5.74) is 1.21. The van der Waals surface area contributed by atoms with Crippen molar-refractivity contribution in [3.63, 3.8) is 0 Å². The van der Waals surface area contributed by atoms with Gasteiger partial charge in [-0.15, -0.1) is 0 Å². The molecule has 0 bridgehead atoms. The van der Waals surface area contributed by atoms with E-state index in [1.807, 2.05) is 0 Å². The van der Waals surface area contributed by atoms with Crippen LogP contribution in [0.5, 0.6) is 0 Å². The largest absolute Gasteiger partial charge is 0.416 e. The van der Waals surface area contributed by atoms with Crippen LogP contribution in [0.1, 0.15) is 22.5 Å². The third kappa shape index (κ3) is 2.36. The second-order valence-corrected chi connectivity index (χ2v) is 4.47. The van der Waals surface area contributed by atoms with Crippen molar-refractivity contribution < 1.29 is 13.2 Å². The molecule has 0 saturated heterocycles. The SMILES string of the molecule is N#Cc1ncc(-c2cc(C(F)(F)F)cc3c2C=NC3)cn1. The molecule has 1 aromatic carbocycles. The molecule has 1 aliphatic heterocycles. The molecule has 7 heteroatoms. The minimum atomic E-state index is -4.43. The van der Waals surface area contributed by atoms with Gasteiger partial charge in [0, 0.05) is 29.7 Å². The summed E-state index contributed by atoms with van der Waals surface area (Å²) in [5, 5.41) is 8.66. The lowest BCUT2D eigenvalue weighted by Gasteiger charge is -2.13. The quantitative estimate of drug-likeness (QED) is 0.810. The maximum Gasteiger partial charge on any atom is 0.416 e. The van der Waals surface area contributed by atoms with E-state index in [-0.39, 0.29) is 12.4 Å². The molecule has 1 aliphatic rings. The number of halogens is 3. The van der Waals surface area contributed by atoms with Gasteiger partial charge in [-0.2, -0.15) is 18.4 Å². The van der Waals surface area contributed by atoms with E-state index in [9.17, 15) is 13.2 Å². The number of fused-ring (bicyclic) bond motifs is 1. The molecule has 2 heterocycles. The zero-order chi connectivity index (χ0) is 15.0. The molecular formula is C14H7F3N4. The first-order chi connectivity index (χ1) is 9.99. The van der Waals surface area contributed by atoms with Gasteiger partial charge in [0.05, 0.1) is 12.1 Å². The number of aliphatic imine (C=N–C) groups is 1. The van der Waals surface area contributed by atoms with Crippen molar-refractivity contribution in [2.75, 3.05) is 0 Å². The van der Waals surface area contributed by atoms with Crippen molar-refractivity contribution in [2.45, 2.75) is 12.7 Å². The Hall–Kier alpha value is -2.75. The maximum atomic E-state index is 13.0. The molecule has 104 valence electrons. The third-order valence-electron chi connectivity index (χ3n) is 3.14. The zero-order valence-corrected chi connectivity index (χ0v) is 10.5. The van der Waals surface area contributed by atoms with Crippen molar-refractivity contribution in [1.29, 1.82) is 5.26 Å². The number of hydrogen-bond acceptors (Lipinski definition) is 4. The van der Waals surface area contributed by atoms with Gasteiger partial charge >= 0.3 is 6.18 Å². The molecule has 1 aromatic heterocycles. The van der Waals surface area contributed by atoms with Crippen molar-refractivity contribution >= 4 is 6.21 Å². The molecule has 0 atom stereocenters. The van der Waals surface area contributed by atoms with Crippen LogP contribution in [0.3, 0.4) is 0 Å². The highest BCUT2D eigenvalue weighted by atomic mass is 19.4. The van der Waals surface area contributed by atoms with Crippen LogP contribution in [0.4, 0.5) is 13.2 Å². The summed E-state index contributed by atoms with van der Waals surface area (Å²) in [7, 11) is 0. The molecule has 4 nitrogen and oxygen atoms in total. The maximum absolute atomic E-state index is 13.0. The first kappa shape index (κ1) is 13.2. The summed E-state index contributed by atoms with van der Waals surface area (Å²) in [6, 6.07) is 3.93. The number of nitrogens with zero attached hydrogens (tertiary/aromatic N) is 4. The number of rotatable bonds is 1. The summed E-state index contributed by atoms with van der Waals surface area (Å²) in [6.45, 7) is 0.226. The van der Waals surface area contributed by atoms with Crippen LogP contribution in [0.15, 0.2) is 29.5 Å². The van der Waals surface area contributed by atoms with E-state index in [1.54, 1.807) is 12.3 Å². The van der Waals surface area contributed by atoms with E-state index in [1.165, 1.54) is 12.4 Å². The summed E-state index contributed by atoms with van der Waals surface area (Å²) in [6.07, 6.45) is -0.205. The van der Waals surface area contributed by atoms with Gasteiger partial charge in [0.2, 0.25) is 5.82 Å². The zero-order valence-electron chi connectivity index (χ0n) is 10.5. The minimum absolute atomic E-state index is 0.0314. The first-order valence-electron chi connectivity index (χ1n) is 5.95. The molecule has 0 unspecified atom stereocenters. The van der Waals surface area contributed by atoms with Crippen LogP contribution in [0, 0.1) is 11.3 Å². The van der Waals surface area contributed by atoms with E-state index >= 15 is 0 Å². The Morgan fingerprint density at radius 1 is 1.14 bits per heavy atom. The number of nitriles is 1. The van der Waals surface area contributed by atoms with Crippen LogP contribution < -0.4 is 0 Å². The van der Waals surface area contributed by atoms with Crippen LogP contribution >= 0.6 is 0 Å². The van der Waals surface area contributed by atoms with Crippen molar-refractivity contribution in [3.05, 3.63) is 47.0 Å². The number of aromatic nitrogens is 2. The average Bonchev–Trinajstić information content (AvgIpc) is 2.94. The third-order valence-corrected chi connectivity index (χ3v) is 3.14. The van der Waals surface area contributed by atoms with E-state index in [2.05, 4.69) is 15.0 Å². The lowest BCUT2D eigenvalue weighted by atomic mass is 9.95. The Kier molecular flexibility index (Phi) is 2.94. The van der Waals surface area contributed by atoms with Crippen LogP contribution in [0.25, 0.3) is 11.1 Å². The first-order valence-corrected chi connectivity index (χ1v) is 5.95. The lowest BCUT2D eigenvalue weighted by Crippen LogP contribution is -2.07. The molecule has 0 saturated carbocycles. The standard InChI is InChI=1S/C14H7F3N4/c15-14(16,17)10-1-8-4-19-7-12(8)11(2-10)9-5-20-13(3-18)21-6-9/h1-2,5-7H,4H2. The normalized spacial score (nSPS) is 13.0. The fraction of sp³-hybridized carbons (Fsp3) is 0.143. The van der Waals surface area contributed by atoms with Crippen molar-refractivity contribution in [2.24, 2.45) is 4.99 Å². The smallest absolute Gasteiger partial charge is 0.288 e. The Labute approximate surface area is 117 Å². The number of alkyl halides is 3. The molecule has 0 spiro atoms. The molecule has 3 rings (SSSR count). The minimum Gasteiger partial charge on any atom is -0.288 e. The van der Waals surface area contributed by atoms with E-state index in [4.69, 9.17) is 5.26 Å². The summed E-state index contributed by atoms with van der Waals surface area (Å²) < 4.78 is 38.9. The monoisotopic (exact) mass is 288 g/mol. The van der Waals surface area contributed by atoms with Gasteiger partial charge in [0.25, 0.3) is 0 Å². The molecule has 2 aromatic rings. The second kappa shape index (κ2) is 4.66. The van der Waals surface area contributed by atoms with E-state index in [0.29, 0.717) is 22.3 Å². The summed E-state index contributed by atoms with van der Waals surface area (Å²) in [4.78, 5) is 11.6. The highest BCUT2D eigenvalue weighted by molar-refractivity contribution is 5.94. The van der Waals surface area contributed by atoms with Crippen molar-refractivity contribution in [3.8, 4) is 17.2 Å². The van der Waals surface area contributed by atoms with Crippen LogP contribution in [-0.2, 0) is 12.7 Å². The molecule has 0 amide bonds. The fourth-order valence-electron chi connectivity index (χ4n) is 2.16. The molecule has 0 aliphatic carbocycles. The van der Waals surface area contributed by atoms with Crippen molar-refractivity contribution in [1.82, 2.24) is 9.97 Å². The summed E-state index contributed by atoms with van der Waals surface area (Å²) in [5.74, 6) is -0.0314. The van der Waals surface area contributed by atoms with Gasteiger partial charge in [0.15, 0.2) is 0 Å². The molecular weight excluding hydrogens is 281 g/mol. The Balaban J connectivity index is 2.18. The van der Waals surface area contributed by atoms with Gasteiger partial charge in [-0.3, -0.25) is 4.99 Å². The van der Waals surface area contributed by atoms with Crippen LogP contribution in [-0.4, -0.2) is 16.2 Å². The number of hydrogen-bond donors (Lipinski definition) is 0. The van der Waals surface area contributed by atoms with Crippen LogP contribution in [0.2, 0.25) is 0 Å². The predicted molar refractivity (Wildman–Crippen MR) is 68.5 cm³/mol. The fourth-order valence-corrected chi connectivity index (χ4v) is 2.16. The van der Waals surface area contributed by atoms with Gasteiger partial charge in [-0.25, -0.2) is 9.97 Å². The Morgan fingerprint density at radius 3 is 2.48 bits per heavy atom.